The first-order chi connectivity index (χ1) is 14.6. The second-order valence-electron chi connectivity index (χ2n) is 9.96. The van der Waals surface area contributed by atoms with E-state index >= 15 is 0 Å². The zero-order chi connectivity index (χ0) is 24.3. The Morgan fingerprint density at radius 2 is 1.72 bits per heavy atom. The van der Waals surface area contributed by atoms with Gasteiger partial charge in [0.1, 0.15) is 11.2 Å². The molecule has 1 aromatic rings. The van der Waals surface area contributed by atoms with Gasteiger partial charge < -0.3 is 24.2 Å². The second kappa shape index (κ2) is 9.68. The largest absolute Gasteiger partial charge is 0.444 e. The van der Waals surface area contributed by atoms with Gasteiger partial charge in [0.05, 0.1) is 5.41 Å². The third-order valence-corrected chi connectivity index (χ3v) is 5.27. The molecule has 10 nitrogen and oxygen atoms in total. The summed E-state index contributed by atoms with van der Waals surface area (Å²) in [7, 11) is 1.59. The van der Waals surface area contributed by atoms with Crippen LogP contribution in [0.15, 0.2) is 15.2 Å². The van der Waals surface area contributed by atoms with Crippen LogP contribution in [-0.2, 0) is 14.3 Å². The van der Waals surface area contributed by atoms with E-state index < -0.39 is 28.8 Å². The molecular formula is C21H33BrN4O6. The Labute approximate surface area is 197 Å². The number of nitrogens with zero attached hydrogens (tertiary/aromatic N) is 3. The molecule has 2 heterocycles. The third kappa shape index (κ3) is 7.11. The van der Waals surface area contributed by atoms with Crippen LogP contribution in [0.3, 0.4) is 0 Å². The molecule has 1 aliphatic heterocycles. The van der Waals surface area contributed by atoms with E-state index in [0.29, 0.717) is 30.5 Å². The Morgan fingerprint density at radius 3 is 2.19 bits per heavy atom. The minimum atomic E-state index is -0.955. The Balaban J connectivity index is 2.17. The molecule has 0 atom stereocenters. The summed E-state index contributed by atoms with van der Waals surface area (Å²) in [5, 5.41) is 6.49. The quantitative estimate of drug-likeness (QED) is 0.644. The molecule has 1 saturated heterocycles. The number of piperidine rings is 1. The van der Waals surface area contributed by atoms with Crippen molar-refractivity contribution in [3.8, 4) is 0 Å². The van der Waals surface area contributed by atoms with Crippen LogP contribution in [0, 0.1) is 5.41 Å². The molecule has 1 aromatic heterocycles. The molecule has 180 valence electrons. The number of carbonyl (C=O) groups excluding carboxylic acids is 3. The fourth-order valence-electron chi connectivity index (χ4n) is 3.32. The average Bonchev–Trinajstić information content (AvgIpc) is 3.09. The number of aromatic nitrogens is 1. The fraction of sp³-hybridized carbons (Fsp3) is 0.714. The number of hydrogen-bond acceptors (Lipinski definition) is 7. The molecule has 2 rings (SSSR count). The normalized spacial score (nSPS) is 16.3. The average molecular weight is 517 g/mol. The van der Waals surface area contributed by atoms with E-state index in [-0.39, 0.29) is 18.3 Å². The van der Waals surface area contributed by atoms with E-state index in [4.69, 9.17) is 14.0 Å². The van der Waals surface area contributed by atoms with Gasteiger partial charge in [-0.3, -0.25) is 9.69 Å². The second-order valence-corrected chi connectivity index (χ2v) is 10.8. The lowest BCUT2D eigenvalue weighted by Crippen LogP contribution is -2.56. The molecule has 1 N–H and O–H groups in total. The van der Waals surface area contributed by atoms with Crippen molar-refractivity contribution in [2.24, 2.45) is 5.41 Å². The molecule has 1 aliphatic rings. The first-order valence-electron chi connectivity index (χ1n) is 10.5. The molecule has 0 aromatic carbocycles. The van der Waals surface area contributed by atoms with Gasteiger partial charge in [-0.15, -0.1) is 0 Å². The standard InChI is InChI=1S/C21H33BrN4O6/c1-19(2,3)30-17(28)23-13-21(16(27)25(7)15-12-14(22)24-32-15)8-10-26(11-9-21)18(29)31-20(4,5)6/h12H,8-11,13H2,1-7H3,(H,23,28). The van der Waals surface area contributed by atoms with Gasteiger partial charge in [-0.1, -0.05) is 5.16 Å². The maximum absolute atomic E-state index is 13.5. The van der Waals surface area contributed by atoms with Crippen LogP contribution in [0.5, 0.6) is 0 Å². The molecule has 32 heavy (non-hydrogen) atoms. The minimum absolute atomic E-state index is 0.0581. The summed E-state index contributed by atoms with van der Waals surface area (Å²) in [5.41, 5.74) is -2.23. The first-order valence-corrected chi connectivity index (χ1v) is 11.3. The number of carbonyl (C=O) groups is 3. The molecule has 0 bridgehead atoms. The van der Waals surface area contributed by atoms with E-state index in [2.05, 4.69) is 26.4 Å². The van der Waals surface area contributed by atoms with E-state index in [1.165, 1.54) is 4.90 Å². The number of rotatable bonds is 4. The first kappa shape index (κ1) is 26.0. The van der Waals surface area contributed by atoms with Crippen LogP contribution >= 0.6 is 15.9 Å². The summed E-state index contributed by atoms with van der Waals surface area (Å²) in [6.07, 6.45) is -0.364. The summed E-state index contributed by atoms with van der Waals surface area (Å²) < 4.78 is 16.4. The molecule has 0 saturated carbocycles. The van der Waals surface area contributed by atoms with Crippen LogP contribution < -0.4 is 10.2 Å². The Hall–Kier alpha value is -2.30. The number of amides is 3. The molecule has 11 heteroatoms. The summed E-state index contributed by atoms with van der Waals surface area (Å²) in [6.45, 7) is 11.4. The van der Waals surface area contributed by atoms with Gasteiger partial charge in [0.2, 0.25) is 11.8 Å². The Morgan fingerprint density at radius 1 is 1.16 bits per heavy atom. The smallest absolute Gasteiger partial charge is 0.410 e. The van der Waals surface area contributed by atoms with Gasteiger partial charge >= 0.3 is 12.2 Å². The number of hydrogen-bond donors (Lipinski definition) is 1. The minimum Gasteiger partial charge on any atom is -0.444 e. The van der Waals surface area contributed by atoms with Gasteiger partial charge in [0.15, 0.2) is 4.60 Å². The molecule has 0 spiro atoms. The molecule has 3 amide bonds. The van der Waals surface area contributed by atoms with Crippen molar-refractivity contribution in [1.29, 1.82) is 0 Å². The third-order valence-electron chi connectivity index (χ3n) is 4.90. The highest BCUT2D eigenvalue weighted by Crippen LogP contribution is 2.35. The van der Waals surface area contributed by atoms with Gasteiger partial charge in [0, 0.05) is 32.7 Å². The lowest BCUT2D eigenvalue weighted by Gasteiger charge is -2.42. The van der Waals surface area contributed by atoms with Crippen LogP contribution in [-0.4, -0.2) is 66.0 Å². The number of alkyl carbamates (subject to hydrolysis) is 1. The van der Waals surface area contributed by atoms with Crippen LogP contribution in [0.2, 0.25) is 0 Å². The lowest BCUT2D eigenvalue weighted by molar-refractivity contribution is -0.130. The van der Waals surface area contributed by atoms with Crippen molar-refractivity contribution in [1.82, 2.24) is 15.4 Å². The van der Waals surface area contributed by atoms with Gasteiger partial charge in [-0.25, -0.2) is 9.59 Å². The van der Waals surface area contributed by atoms with E-state index in [0.717, 1.165) is 0 Å². The SMILES string of the molecule is CN(C(=O)C1(CNC(=O)OC(C)(C)C)CCN(C(=O)OC(C)(C)C)CC1)c1cc(Br)no1. The molecule has 1 fully saturated rings. The molecule has 0 aliphatic carbocycles. The number of halogens is 1. The predicted octanol–water partition coefficient (Wildman–Crippen LogP) is 3.94. The predicted molar refractivity (Wildman–Crippen MR) is 121 cm³/mol. The number of likely N-dealkylation sites (tertiary alicyclic amines) is 1. The highest BCUT2D eigenvalue weighted by Gasteiger charge is 2.45. The lowest BCUT2D eigenvalue weighted by atomic mass is 9.77. The van der Waals surface area contributed by atoms with Gasteiger partial charge in [-0.2, -0.15) is 0 Å². The van der Waals surface area contributed by atoms with Crippen LogP contribution in [0.1, 0.15) is 54.4 Å². The van der Waals surface area contributed by atoms with Gasteiger partial charge in [0.25, 0.3) is 0 Å². The fourth-order valence-corrected chi connectivity index (χ4v) is 3.59. The highest BCUT2D eigenvalue weighted by atomic mass is 79.9. The Kier molecular flexibility index (Phi) is 7.85. The van der Waals surface area contributed by atoms with Crippen molar-refractivity contribution in [3.63, 3.8) is 0 Å². The molecule has 0 unspecified atom stereocenters. The topological polar surface area (TPSA) is 114 Å². The van der Waals surface area contributed by atoms with Crippen molar-refractivity contribution in [2.45, 2.75) is 65.6 Å². The molecule has 0 radical (unpaired) electrons. The number of ether oxygens (including phenoxy) is 2. The van der Waals surface area contributed by atoms with Crippen molar-refractivity contribution >= 4 is 39.9 Å². The van der Waals surface area contributed by atoms with Crippen LogP contribution in [0.4, 0.5) is 15.5 Å². The van der Waals surface area contributed by atoms with E-state index in [1.54, 1.807) is 59.6 Å². The van der Waals surface area contributed by atoms with Crippen molar-refractivity contribution in [3.05, 3.63) is 10.7 Å². The Bertz CT molecular complexity index is 834. The monoisotopic (exact) mass is 516 g/mol. The summed E-state index contributed by atoms with van der Waals surface area (Å²) >= 11 is 3.21. The molecular weight excluding hydrogens is 484 g/mol. The number of anilines is 1. The van der Waals surface area contributed by atoms with E-state index in [9.17, 15) is 14.4 Å². The van der Waals surface area contributed by atoms with Crippen LogP contribution in [0.25, 0.3) is 0 Å². The zero-order valence-electron chi connectivity index (χ0n) is 19.8. The highest BCUT2D eigenvalue weighted by molar-refractivity contribution is 9.10. The van der Waals surface area contributed by atoms with E-state index in [1.807, 2.05) is 0 Å². The maximum atomic E-state index is 13.5. The summed E-state index contributed by atoms with van der Waals surface area (Å²) in [6, 6.07) is 1.59. The maximum Gasteiger partial charge on any atom is 0.410 e. The number of nitrogens with one attached hydrogen (secondary N) is 1. The van der Waals surface area contributed by atoms with Crippen molar-refractivity contribution < 1.29 is 28.4 Å². The van der Waals surface area contributed by atoms with Gasteiger partial charge in [-0.05, 0) is 70.3 Å². The zero-order valence-corrected chi connectivity index (χ0v) is 21.4. The summed E-state index contributed by atoms with van der Waals surface area (Å²) in [5.74, 6) is 0.0223. The summed E-state index contributed by atoms with van der Waals surface area (Å²) in [4.78, 5) is 41.2. The van der Waals surface area contributed by atoms with Crippen molar-refractivity contribution in [2.75, 3.05) is 31.6 Å².